The van der Waals surface area contributed by atoms with Gasteiger partial charge >= 0.3 is 0 Å². The summed E-state index contributed by atoms with van der Waals surface area (Å²) in [6, 6.07) is 7.61. The molecule has 1 saturated heterocycles. The number of anilines is 1. The molecular formula is C17H26N2O2. The summed E-state index contributed by atoms with van der Waals surface area (Å²) in [6.07, 6.45) is 3.06. The Kier molecular flexibility index (Phi) is 5.62. The Morgan fingerprint density at radius 1 is 1.43 bits per heavy atom. The average Bonchev–Trinajstić information content (AvgIpc) is 2.55. The maximum atomic E-state index is 12.4. The van der Waals surface area contributed by atoms with Crippen molar-refractivity contribution in [3.63, 3.8) is 0 Å². The Balaban J connectivity index is 1.91. The number of methoxy groups -OCH3 is 1. The van der Waals surface area contributed by atoms with Gasteiger partial charge in [0.2, 0.25) is 5.91 Å². The Bertz CT molecular complexity index is 452. The average molecular weight is 290 g/mol. The third-order valence-corrected chi connectivity index (χ3v) is 4.47. The SMILES string of the molecule is COc1ccc(N(C)C(=O)CC(C)C2CCCNC2)cc1. The molecule has 1 fully saturated rings. The van der Waals surface area contributed by atoms with E-state index in [0.29, 0.717) is 18.3 Å². The van der Waals surface area contributed by atoms with Crippen molar-refractivity contribution in [3.05, 3.63) is 24.3 Å². The highest BCUT2D eigenvalue weighted by Crippen LogP contribution is 2.25. The van der Waals surface area contributed by atoms with Crippen LogP contribution in [0.2, 0.25) is 0 Å². The second-order valence-electron chi connectivity index (χ2n) is 5.94. The zero-order valence-corrected chi connectivity index (χ0v) is 13.3. The van der Waals surface area contributed by atoms with Gasteiger partial charge in [-0.3, -0.25) is 4.79 Å². The summed E-state index contributed by atoms with van der Waals surface area (Å²) < 4.78 is 5.14. The van der Waals surface area contributed by atoms with E-state index >= 15 is 0 Å². The maximum Gasteiger partial charge on any atom is 0.226 e. The van der Waals surface area contributed by atoms with Gasteiger partial charge in [0.1, 0.15) is 5.75 Å². The van der Waals surface area contributed by atoms with E-state index in [1.807, 2.05) is 31.3 Å². The Hall–Kier alpha value is -1.55. The molecule has 2 atom stereocenters. The molecule has 1 N–H and O–H groups in total. The van der Waals surface area contributed by atoms with Crippen molar-refractivity contribution in [1.29, 1.82) is 0 Å². The van der Waals surface area contributed by atoms with E-state index in [1.165, 1.54) is 12.8 Å². The fraction of sp³-hybridized carbons (Fsp3) is 0.588. The fourth-order valence-corrected chi connectivity index (χ4v) is 2.89. The van der Waals surface area contributed by atoms with Crippen LogP contribution < -0.4 is 15.0 Å². The van der Waals surface area contributed by atoms with E-state index in [0.717, 1.165) is 24.5 Å². The predicted molar refractivity (Wildman–Crippen MR) is 85.8 cm³/mol. The van der Waals surface area contributed by atoms with Crippen LogP contribution in [0.15, 0.2) is 24.3 Å². The highest BCUT2D eigenvalue weighted by molar-refractivity contribution is 5.92. The van der Waals surface area contributed by atoms with Crippen LogP contribution in [0.4, 0.5) is 5.69 Å². The summed E-state index contributed by atoms with van der Waals surface area (Å²) in [5.41, 5.74) is 0.912. The number of hydrogen-bond donors (Lipinski definition) is 1. The molecular weight excluding hydrogens is 264 g/mol. The monoisotopic (exact) mass is 290 g/mol. The van der Waals surface area contributed by atoms with Crippen LogP contribution in [0.5, 0.6) is 5.75 Å². The molecule has 0 aromatic heterocycles. The van der Waals surface area contributed by atoms with Crippen molar-refractivity contribution in [2.24, 2.45) is 11.8 Å². The van der Waals surface area contributed by atoms with Crippen LogP contribution in [0.25, 0.3) is 0 Å². The first-order valence-corrected chi connectivity index (χ1v) is 7.73. The summed E-state index contributed by atoms with van der Waals surface area (Å²) in [5, 5.41) is 3.42. The minimum Gasteiger partial charge on any atom is -0.497 e. The first-order valence-electron chi connectivity index (χ1n) is 7.73. The van der Waals surface area contributed by atoms with Gasteiger partial charge in [-0.2, -0.15) is 0 Å². The topological polar surface area (TPSA) is 41.6 Å². The molecule has 1 heterocycles. The van der Waals surface area contributed by atoms with Gasteiger partial charge in [-0.15, -0.1) is 0 Å². The number of rotatable bonds is 5. The van der Waals surface area contributed by atoms with Gasteiger partial charge in [0.05, 0.1) is 7.11 Å². The summed E-state index contributed by atoms with van der Waals surface area (Å²) in [7, 11) is 3.49. The summed E-state index contributed by atoms with van der Waals surface area (Å²) in [5.74, 6) is 2.03. The second kappa shape index (κ2) is 7.46. The van der Waals surface area contributed by atoms with Crippen molar-refractivity contribution >= 4 is 11.6 Å². The number of piperidine rings is 1. The fourth-order valence-electron chi connectivity index (χ4n) is 2.89. The third-order valence-electron chi connectivity index (χ3n) is 4.47. The van der Waals surface area contributed by atoms with Crippen LogP contribution in [-0.2, 0) is 4.79 Å². The zero-order valence-electron chi connectivity index (χ0n) is 13.3. The van der Waals surface area contributed by atoms with E-state index in [1.54, 1.807) is 12.0 Å². The van der Waals surface area contributed by atoms with E-state index < -0.39 is 0 Å². The van der Waals surface area contributed by atoms with Gasteiger partial charge in [-0.1, -0.05) is 6.92 Å². The van der Waals surface area contributed by atoms with Crippen molar-refractivity contribution in [3.8, 4) is 5.75 Å². The predicted octanol–water partition coefficient (Wildman–Crippen LogP) is 2.68. The number of nitrogens with one attached hydrogen (secondary N) is 1. The van der Waals surface area contributed by atoms with E-state index in [-0.39, 0.29) is 5.91 Å². The van der Waals surface area contributed by atoms with Crippen molar-refractivity contribution in [2.75, 3.05) is 32.1 Å². The molecule has 0 spiro atoms. The molecule has 4 heteroatoms. The first-order chi connectivity index (χ1) is 10.1. The molecule has 2 rings (SSSR count). The van der Waals surface area contributed by atoms with Crippen LogP contribution in [0.3, 0.4) is 0 Å². The zero-order chi connectivity index (χ0) is 15.2. The number of hydrogen-bond acceptors (Lipinski definition) is 3. The standard InChI is InChI=1S/C17H26N2O2/c1-13(14-5-4-10-18-12-14)11-17(20)19(2)15-6-8-16(21-3)9-7-15/h6-9,13-14,18H,4-5,10-12H2,1-3H3. The molecule has 0 bridgehead atoms. The Morgan fingerprint density at radius 3 is 2.71 bits per heavy atom. The molecule has 4 nitrogen and oxygen atoms in total. The molecule has 1 amide bonds. The minimum absolute atomic E-state index is 0.179. The van der Waals surface area contributed by atoms with Gasteiger partial charge < -0.3 is 15.0 Å². The van der Waals surface area contributed by atoms with Gasteiger partial charge in [-0.05, 0) is 62.0 Å². The molecule has 116 valence electrons. The molecule has 0 radical (unpaired) electrons. The number of amides is 1. The van der Waals surface area contributed by atoms with Crippen LogP contribution in [0, 0.1) is 11.8 Å². The smallest absolute Gasteiger partial charge is 0.226 e. The number of nitrogens with zero attached hydrogens (tertiary/aromatic N) is 1. The first kappa shape index (κ1) is 15.8. The highest BCUT2D eigenvalue weighted by Gasteiger charge is 2.23. The summed E-state index contributed by atoms with van der Waals surface area (Å²) >= 11 is 0. The molecule has 1 aromatic carbocycles. The van der Waals surface area contributed by atoms with E-state index in [2.05, 4.69) is 12.2 Å². The van der Waals surface area contributed by atoms with Gasteiger partial charge in [0.15, 0.2) is 0 Å². The lowest BCUT2D eigenvalue weighted by atomic mass is 9.85. The molecule has 21 heavy (non-hydrogen) atoms. The lowest BCUT2D eigenvalue weighted by Gasteiger charge is -2.29. The highest BCUT2D eigenvalue weighted by atomic mass is 16.5. The van der Waals surface area contributed by atoms with E-state index in [9.17, 15) is 4.79 Å². The van der Waals surface area contributed by atoms with Crippen LogP contribution in [-0.4, -0.2) is 33.2 Å². The summed E-state index contributed by atoms with van der Waals surface area (Å²) in [6.45, 7) is 4.35. The number of carbonyl (C=O) groups is 1. The maximum absolute atomic E-state index is 12.4. The van der Waals surface area contributed by atoms with Crippen molar-refractivity contribution < 1.29 is 9.53 Å². The van der Waals surface area contributed by atoms with Gasteiger partial charge in [-0.25, -0.2) is 0 Å². The Morgan fingerprint density at radius 2 is 2.14 bits per heavy atom. The number of carbonyl (C=O) groups excluding carboxylic acids is 1. The van der Waals surface area contributed by atoms with Gasteiger partial charge in [0.25, 0.3) is 0 Å². The normalized spacial score (nSPS) is 19.9. The number of benzene rings is 1. The van der Waals surface area contributed by atoms with Crippen LogP contribution in [0.1, 0.15) is 26.2 Å². The van der Waals surface area contributed by atoms with E-state index in [4.69, 9.17) is 4.74 Å². The molecule has 1 aliphatic heterocycles. The second-order valence-corrected chi connectivity index (χ2v) is 5.94. The Labute approximate surface area is 127 Å². The van der Waals surface area contributed by atoms with Crippen LogP contribution >= 0.6 is 0 Å². The van der Waals surface area contributed by atoms with Crippen molar-refractivity contribution in [1.82, 2.24) is 5.32 Å². The van der Waals surface area contributed by atoms with Crippen molar-refractivity contribution in [2.45, 2.75) is 26.2 Å². The molecule has 2 unspecified atom stereocenters. The quantitative estimate of drug-likeness (QED) is 0.906. The largest absolute Gasteiger partial charge is 0.497 e. The molecule has 0 saturated carbocycles. The third kappa shape index (κ3) is 4.21. The molecule has 0 aliphatic carbocycles. The molecule has 1 aromatic rings. The summed E-state index contributed by atoms with van der Waals surface area (Å²) in [4.78, 5) is 14.2. The molecule has 1 aliphatic rings. The minimum atomic E-state index is 0.179. The number of ether oxygens (including phenoxy) is 1. The van der Waals surface area contributed by atoms with Gasteiger partial charge in [0, 0.05) is 19.2 Å². The lowest BCUT2D eigenvalue weighted by Crippen LogP contribution is -2.36. The lowest BCUT2D eigenvalue weighted by molar-refractivity contribution is -0.119.